The van der Waals surface area contributed by atoms with E-state index in [1.807, 2.05) is 4.90 Å². The SMILES string of the molecule is CC(C)CN(C(=O)N(C)CCC(=O)O)C1CC1. The molecule has 5 heteroatoms. The van der Waals surface area contributed by atoms with Gasteiger partial charge in [0, 0.05) is 26.2 Å². The van der Waals surface area contributed by atoms with Gasteiger partial charge in [0.2, 0.25) is 0 Å². The molecule has 0 unspecified atom stereocenters. The summed E-state index contributed by atoms with van der Waals surface area (Å²) in [6.07, 6.45) is 2.15. The number of nitrogens with zero attached hydrogens (tertiary/aromatic N) is 2. The van der Waals surface area contributed by atoms with E-state index in [1.165, 1.54) is 4.90 Å². The van der Waals surface area contributed by atoms with Crippen LogP contribution in [0.2, 0.25) is 0 Å². The van der Waals surface area contributed by atoms with Gasteiger partial charge in [-0.2, -0.15) is 0 Å². The second-order valence-corrected chi connectivity index (χ2v) is 5.13. The molecule has 1 aliphatic carbocycles. The lowest BCUT2D eigenvalue weighted by Crippen LogP contribution is -2.44. The molecule has 0 spiro atoms. The highest BCUT2D eigenvalue weighted by Crippen LogP contribution is 2.28. The molecule has 0 bridgehead atoms. The third-order valence-electron chi connectivity index (χ3n) is 2.78. The van der Waals surface area contributed by atoms with Gasteiger partial charge in [-0.1, -0.05) is 13.8 Å². The minimum absolute atomic E-state index is 0.00241. The van der Waals surface area contributed by atoms with Crippen molar-refractivity contribution in [2.45, 2.75) is 39.2 Å². The van der Waals surface area contributed by atoms with Crippen LogP contribution in [0.4, 0.5) is 4.79 Å². The molecule has 1 rings (SSSR count). The third kappa shape index (κ3) is 4.63. The monoisotopic (exact) mass is 242 g/mol. The minimum atomic E-state index is -0.869. The maximum atomic E-state index is 12.1. The molecule has 1 fully saturated rings. The van der Waals surface area contributed by atoms with Gasteiger partial charge in [-0.15, -0.1) is 0 Å². The molecule has 1 saturated carbocycles. The zero-order valence-electron chi connectivity index (χ0n) is 10.8. The molecule has 0 radical (unpaired) electrons. The zero-order valence-corrected chi connectivity index (χ0v) is 10.8. The lowest BCUT2D eigenvalue weighted by atomic mass is 10.2. The standard InChI is InChI=1S/C12H22N2O3/c1-9(2)8-14(10-4-5-10)12(17)13(3)7-6-11(15)16/h9-10H,4-8H2,1-3H3,(H,15,16). The molecule has 1 aliphatic rings. The maximum absolute atomic E-state index is 12.1. The Labute approximate surface area is 102 Å². The highest BCUT2D eigenvalue weighted by atomic mass is 16.4. The topological polar surface area (TPSA) is 60.9 Å². The quantitative estimate of drug-likeness (QED) is 0.770. The molecular weight excluding hydrogens is 220 g/mol. The molecule has 17 heavy (non-hydrogen) atoms. The Morgan fingerprint density at radius 2 is 1.94 bits per heavy atom. The fraction of sp³-hybridized carbons (Fsp3) is 0.833. The van der Waals surface area contributed by atoms with Gasteiger partial charge in [-0.25, -0.2) is 4.79 Å². The number of carboxylic acids is 1. The summed E-state index contributed by atoms with van der Waals surface area (Å²) in [7, 11) is 1.67. The van der Waals surface area contributed by atoms with Gasteiger partial charge in [-0.05, 0) is 18.8 Å². The van der Waals surface area contributed by atoms with Gasteiger partial charge in [-0.3, -0.25) is 4.79 Å². The lowest BCUT2D eigenvalue weighted by Gasteiger charge is -2.29. The first-order valence-corrected chi connectivity index (χ1v) is 6.15. The van der Waals surface area contributed by atoms with Gasteiger partial charge in [0.1, 0.15) is 0 Å². The third-order valence-corrected chi connectivity index (χ3v) is 2.78. The normalized spacial score (nSPS) is 14.8. The maximum Gasteiger partial charge on any atom is 0.320 e. The molecule has 98 valence electrons. The van der Waals surface area contributed by atoms with Crippen LogP contribution in [0.15, 0.2) is 0 Å². The van der Waals surface area contributed by atoms with E-state index in [0.29, 0.717) is 12.0 Å². The van der Waals surface area contributed by atoms with Crippen LogP contribution in [0.3, 0.4) is 0 Å². The van der Waals surface area contributed by atoms with E-state index < -0.39 is 5.97 Å². The van der Waals surface area contributed by atoms with Gasteiger partial charge < -0.3 is 14.9 Å². The molecule has 0 aromatic heterocycles. The molecular formula is C12H22N2O3. The van der Waals surface area contributed by atoms with Crippen molar-refractivity contribution in [3.63, 3.8) is 0 Å². The Bertz CT molecular complexity index is 287. The first-order valence-electron chi connectivity index (χ1n) is 6.15. The fourth-order valence-corrected chi connectivity index (χ4v) is 1.74. The van der Waals surface area contributed by atoms with E-state index in [0.717, 1.165) is 19.4 Å². The number of amides is 2. The van der Waals surface area contributed by atoms with Crippen LogP contribution in [0.5, 0.6) is 0 Å². The molecule has 2 amide bonds. The second kappa shape index (κ2) is 5.89. The number of carbonyl (C=O) groups is 2. The summed E-state index contributed by atoms with van der Waals surface area (Å²) < 4.78 is 0. The molecule has 1 N–H and O–H groups in total. The molecule has 0 atom stereocenters. The van der Waals surface area contributed by atoms with Gasteiger partial charge in [0.15, 0.2) is 0 Å². The predicted octanol–water partition coefficient (Wildman–Crippen LogP) is 1.63. The van der Waals surface area contributed by atoms with Gasteiger partial charge >= 0.3 is 12.0 Å². The van der Waals surface area contributed by atoms with E-state index >= 15 is 0 Å². The summed E-state index contributed by atoms with van der Waals surface area (Å²) in [4.78, 5) is 26.0. The molecule has 0 aliphatic heterocycles. The van der Waals surface area contributed by atoms with Crippen LogP contribution < -0.4 is 0 Å². The Balaban J connectivity index is 2.48. The first kappa shape index (κ1) is 13.8. The largest absolute Gasteiger partial charge is 0.481 e. The number of urea groups is 1. The van der Waals surface area contributed by atoms with Crippen molar-refractivity contribution in [3.8, 4) is 0 Å². The Morgan fingerprint density at radius 3 is 2.35 bits per heavy atom. The Hall–Kier alpha value is -1.26. The molecule has 5 nitrogen and oxygen atoms in total. The zero-order chi connectivity index (χ0) is 13.0. The minimum Gasteiger partial charge on any atom is -0.481 e. The van der Waals surface area contributed by atoms with Gasteiger partial charge in [0.25, 0.3) is 0 Å². The van der Waals surface area contributed by atoms with Crippen molar-refractivity contribution in [1.29, 1.82) is 0 Å². The van der Waals surface area contributed by atoms with Crippen molar-refractivity contribution in [1.82, 2.24) is 9.80 Å². The van der Waals surface area contributed by atoms with Crippen LogP contribution in [0, 0.1) is 5.92 Å². The number of hydrogen-bond acceptors (Lipinski definition) is 2. The van der Waals surface area contributed by atoms with E-state index in [-0.39, 0.29) is 19.0 Å². The van der Waals surface area contributed by atoms with Gasteiger partial charge in [0.05, 0.1) is 6.42 Å². The second-order valence-electron chi connectivity index (χ2n) is 5.13. The van der Waals surface area contributed by atoms with Crippen LogP contribution in [0.1, 0.15) is 33.1 Å². The van der Waals surface area contributed by atoms with E-state index in [2.05, 4.69) is 13.8 Å². The van der Waals surface area contributed by atoms with Crippen LogP contribution in [-0.2, 0) is 4.79 Å². The highest BCUT2D eigenvalue weighted by Gasteiger charge is 2.34. The lowest BCUT2D eigenvalue weighted by molar-refractivity contribution is -0.137. The number of aliphatic carboxylic acids is 1. The Kier molecular flexibility index (Phi) is 4.78. The van der Waals surface area contributed by atoms with E-state index in [9.17, 15) is 9.59 Å². The number of carboxylic acid groups (broad SMARTS) is 1. The number of hydrogen-bond donors (Lipinski definition) is 1. The van der Waals surface area contributed by atoms with Crippen LogP contribution >= 0.6 is 0 Å². The van der Waals surface area contributed by atoms with Crippen molar-refractivity contribution >= 4 is 12.0 Å². The first-order chi connectivity index (χ1) is 7.91. The molecule has 0 aromatic carbocycles. The number of rotatable bonds is 6. The van der Waals surface area contributed by atoms with Crippen molar-refractivity contribution < 1.29 is 14.7 Å². The van der Waals surface area contributed by atoms with E-state index in [4.69, 9.17) is 5.11 Å². The molecule has 0 saturated heterocycles. The average Bonchev–Trinajstić information content (AvgIpc) is 3.04. The van der Waals surface area contributed by atoms with Crippen molar-refractivity contribution in [2.75, 3.05) is 20.1 Å². The highest BCUT2D eigenvalue weighted by molar-refractivity contribution is 5.76. The van der Waals surface area contributed by atoms with Crippen molar-refractivity contribution in [2.24, 2.45) is 5.92 Å². The average molecular weight is 242 g/mol. The summed E-state index contributed by atoms with van der Waals surface area (Å²) >= 11 is 0. The van der Waals surface area contributed by atoms with Crippen LogP contribution in [-0.4, -0.2) is 53.1 Å². The fourth-order valence-electron chi connectivity index (χ4n) is 1.74. The summed E-state index contributed by atoms with van der Waals surface area (Å²) in [5, 5.41) is 8.60. The summed E-state index contributed by atoms with van der Waals surface area (Å²) in [5.74, 6) is -0.432. The summed E-state index contributed by atoms with van der Waals surface area (Å²) in [5.41, 5.74) is 0. The predicted molar refractivity (Wildman–Crippen MR) is 64.8 cm³/mol. The molecule has 0 aromatic rings. The smallest absolute Gasteiger partial charge is 0.320 e. The Morgan fingerprint density at radius 1 is 1.35 bits per heavy atom. The van der Waals surface area contributed by atoms with Crippen molar-refractivity contribution in [3.05, 3.63) is 0 Å². The number of carbonyl (C=O) groups excluding carboxylic acids is 1. The summed E-state index contributed by atoms with van der Waals surface area (Å²) in [6, 6.07) is 0.333. The summed E-state index contributed by atoms with van der Waals surface area (Å²) in [6.45, 7) is 5.19. The van der Waals surface area contributed by atoms with E-state index in [1.54, 1.807) is 7.05 Å². The molecule has 0 heterocycles. The van der Waals surface area contributed by atoms with Crippen LogP contribution in [0.25, 0.3) is 0 Å².